The molecule has 1 N–H and O–H groups in total. The van der Waals surface area contributed by atoms with Crippen LogP contribution < -0.4 is 5.32 Å². The van der Waals surface area contributed by atoms with E-state index in [-0.39, 0.29) is 0 Å². The van der Waals surface area contributed by atoms with E-state index in [0.29, 0.717) is 6.54 Å². The first kappa shape index (κ1) is 14.1. The zero-order valence-corrected chi connectivity index (χ0v) is 11.4. The molecule has 0 bridgehead atoms. The van der Waals surface area contributed by atoms with Gasteiger partial charge in [-0.25, -0.2) is 8.42 Å². The molecular formula is C12H20N2O2S. The van der Waals surface area contributed by atoms with Crippen LogP contribution in [0.25, 0.3) is 0 Å². The SMILES string of the molecule is CC(C)(CNCCc1ccccn1)S(C)(=O)=O. The predicted molar refractivity (Wildman–Crippen MR) is 69.7 cm³/mol. The van der Waals surface area contributed by atoms with Gasteiger partial charge in [0.05, 0.1) is 4.75 Å². The van der Waals surface area contributed by atoms with Gasteiger partial charge in [-0.1, -0.05) is 6.07 Å². The largest absolute Gasteiger partial charge is 0.315 e. The molecule has 1 aromatic heterocycles. The van der Waals surface area contributed by atoms with Gasteiger partial charge in [-0.15, -0.1) is 0 Å². The highest BCUT2D eigenvalue weighted by atomic mass is 32.2. The number of sulfone groups is 1. The summed E-state index contributed by atoms with van der Waals surface area (Å²) in [6.45, 7) is 4.65. The third kappa shape index (κ3) is 4.44. The van der Waals surface area contributed by atoms with Gasteiger partial charge in [-0.3, -0.25) is 4.98 Å². The van der Waals surface area contributed by atoms with E-state index >= 15 is 0 Å². The van der Waals surface area contributed by atoms with Gasteiger partial charge in [-0.2, -0.15) is 0 Å². The summed E-state index contributed by atoms with van der Waals surface area (Å²) in [4.78, 5) is 4.20. The van der Waals surface area contributed by atoms with Crippen molar-refractivity contribution in [2.45, 2.75) is 25.0 Å². The summed E-state index contributed by atoms with van der Waals surface area (Å²) in [5.41, 5.74) is 1.01. The molecule has 17 heavy (non-hydrogen) atoms. The van der Waals surface area contributed by atoms with Crippen LogP contribution in [0.3, 0.4) is 0 Å². The molecule has 0 saturated carbocycles. The second kappa shape index (κ2) is 5.60. The molecule has 0 fully saturated rings. The average Bonchev–Trinajstić information content (AvgIpc) is 2.24. The molecule has 0 radical (unpaired) electrons. The Morgan fingerprint density at radius 2 is 2.06 bits per heavy atom. The molecule has 1 heterocycles. The monoisotopic (exact) mass is 256 g/mol. The van der Waals surface area contributed by atoms with Gasteiger partial charge in [0.25, 0.3) is 0 Å². The Hall–Kier alpha value is -0.940. The van der Waals surface area contributed by atoms with Crippen LogP contribution in [0.5, 0.6) is 0 Å². The first-order chi connectivity index (χ1) is 7.83. The summed E-state index contributed by atoms with van der Waals surface area (Å²) in [6.07, 6.45) is 3.84. The van der Waals surface area contributed by atoms with Crippen molar-refractivity contribution in [2.24, 2.45) is 0 Å². The summed E-state index contributed by atoms with van der Waals surface area (Å²) in [6, 6.07) is 5.79. The molecule has 1 aromatic rings. The van der Waals surface area contributed by atoms with Crippen molar-refractivity contribution >= 4 is 9.84 Å². The Labute approximate surface area is 103 Å². The predicted octanol–water partition coefficient (Wildman–Crippen LogP) is 1.04. The van der Waals surface area contributed by atoms with Gasteiger partial charge >= 0.3 is 0 Å². The molecule has 4 nitrogen and oxygen atoms in total. The van der Waals surface area contributed by atoms with Gasteiger partial charge < -0.3 is 5.32 Å². The van der Waals surface area contributed by atoms with Crippen LogP contribution in [0.15, 0.2) is 24.4 Å². The molecule has 0 aliphatic heterocycles. The van der Waals surface area contributed by atoms with Crippen molar-refractivity contribution in [2.75, 3.05) is 19.3 Å². The van der Waals surface area contributed by atoms with Crippen LogP contribution in [0.1, 0.15) is 19.5 Å². The van der Waals surface area contributed by atoms with Crippen molar-refractivity contribution in [1.82, 2.24) is 10.3 Å². The van der Waals surface area contributed by atoms with Crippen LogP contribution in [0, 0.1) is 0 Å². The number of pyridine rings is 1. The quantitative estimate of drug-likeness (QED) is 0.773. The molecule has 0 spiro atoms. The lowest BCUT2D eigenvalue weighted by Crippen LogP contribution is -2.42. The maximum atomic E-state index is 11.5. The van der Waals surface area contributed by atoms with Crippen molar-refractivity contribution in [1.29, 1.82) is 0 Å². The normalized spacial score (nSPS) is 12.6. The van der Waals surface area contributed by atoms with E-state index in [9.17, 15) is 8.42 Å². The Morgan fingerprint density at radius 1 is 1.35 bits per heavy atom. The first-order valence-corrected chi connectivity index (χ1v) is 7.52. The molecule has 0 atom stereocenters. The molecule has 0 aliphatic carbocycles. The molecule has 1 rings (SSSR count). The van der Waals surface area contributed by atoms with Crippen molar-refractivity contribution < 1.29 is 8.42 Å². The smallest absolute Gasteiger partial charge is 0.153 e. The average molecular weight is 256 g/mol. The van der Waals surface area contributed by atoms with Crippen LogP contribution in [0.4, 0.5) is 0 Å². The minimum Gasteiger partial charge on any atom is -0.315 e. The third-order valence-corrected chi connectivity index (χ3v) is 4.99. The molecular weight excluding hydrogens is 236 g/mol. The molecule has 0 amide bonds. The van der Waals surface area contributed by atoms with Gasteiger partial charge in [0.1, 0.15) is 0 Å². The van der Waals surface area contributed by atoms with Gasteiger partial charge in [0.15, 0.2) is 9.84 Å². The lowest BCUT2D eigenvalue weighted by atomic mass is 10.2. The number of hydrogen-bond donors (Lipinski definition) is 1. The lowest BCUT2D eigenvalue weighted by molar-refractivity contribution is 0.522. The minimum absolute atomic E-state index is 0.457. The summed E-state index contributed by atoms with van der Waals surface area (Å²) in [7, 11) is -3.03. The second-order valence-corrected chi connectivity index (χ2v) is 7.43. The van der Waals surface area contributed by atoms with E-state index in [0.717, 1.165) is 18.7 Å². The number of nitrogens with one attached hydrogen (secondary N) is 1. The molecule has 0 aliphatic rings. The highest BCUT2D eigenvalue weighted by molar-refractivity contribution is 7.92. The Balaban J connectivity index is 2.35. The second-order valence-electron chi connectivity index (χ2n) is 4.78. The van der Waals surface area contributed by atoms with E-state index in [4.69, 9.17) is 0 Å². The summed E-state index contributed by atoms with van der Waals surface area (Å²) >= 11 is 0. The Bertz CT molecular complexity index is 441. The number of hydrogen-bond acceptors (Lipinski definition) is 4. The van der Waals surface area contributed by atoms with E-state index in [2.05, 4.69) is 10.3 Å². The summed E-state index contributed by atoms with van der Waals surface area (Å²) in [5.74, 6) is 0. The maximum Gasteiger partial charge on any atom is 0.153 e. The summed E-state index contributed by atoms with van der Waals surface area (Å²) in [5, 5.41) is 3.16. The topological polar surface area (TPSA) is 59.1 Å². The van der Waals surface area contributed by atoms with Gasteiger partial charge in [-0.05, 0) is 26.0 Å². The van der Waals surface area contributed by atoms with Gasteiger partial charge in [0, 0.05) is 37.7 Å². The fourth-order valence-corrected chi connectivity index (χ4v) is 1.65. The van der Waals surface area contributed by atoms with E-state index in [1.807, 2.05) is 18.2 Å². The highest BCUT2D eigenvalue weighted by Crippen LogP contribution is 2.13. The standard InChI is InChI=1S/C12H20N2O2S/c1-12(2,17(3,15)16)10-13-9-7-11-6-4-5-8-14-11/h4-6,8,13H,7,9-10H2,1-3H3. The van der Waals surface area contributed by atoms with E-state index < -0.39 is 14.6 Å². The number of rotatable bonds is 6. The van der Waals surface area contributed by atoms with Crippen LogP contribution >= 0.6 is 0 Å². The van der Waals surface area contributed by atoms with Crippen molar-refractivity contribution in [3.63, 3.8) is 0 Å². The Morgan fingerprint density at radius 3 is 2.59 bits per heavy atom. The number of aromatic nitrogens is 1. The first-order valence-electron chi connectivity index (χ1n) is 5.63. The Kier molecular flexibility index (Phi) is 4.65. The van der Waals surface area contributed by atoms with Crippen LogP contribution in [-0.4, -0.2) is 37.5 Å². The zero-order valence-electron chi connectivity index (χ0n) is 10.6. The lowest BCUT2D eigenvalue weighted by Gasteiger charge is -2.22. The minimum atomic E-state index is -3.03. The fourth-order valence-electron chi connectivity index (χ4n) is 1.28. The van der Waals surface area contributed by atoms with Gasteiger partial charge in [0.2, 0.25) is 0 Å². The molecule has 0 unspecified atom stereocenters. The fraction of sp³-hybridized carbons (Fsp3) is 0.583. The van der Waals surface area contributed by atoms with E-state index in [1.54, 1.807) is 20.0 Å². The van der Waals surface area contributed by atoms with Crippen molar-refractivity contribution in [3.05, 3.63) is 30.1 Å². The molecule has 96 valence electrons. The highest BCUT2D eigenvalue weighted by Gasteiger charge is 2.29. The van der Waals surface area contributed by atoms with Crippen LogP contribution in [0.2, 0.25) is 0 Å². The van der Waals surface area contributed by atoms with E-state index in [1.165, 1.54) is 6.26 Å². The van der Waals surface area contributed by atoms with Crippen molar-refractivity contribution in [3.8, 4) is 0 Å². The molecule has 5 heteroatoms. The molecule has 0 saturated heterocycles. The third-order valence-electron chi connectivity index (χ3n) is 2.84. The maximum absolute atomic E-state index is 11.5. The number of nitrogens with zero attached hydrogens (tertiary/aromatic N) is 1. The zero-order chi connectivity index (χ0) is 12.9. The summed E-state index contributed by atoms with van der Waals surface area (Å²) < 4.78 is 22.2. The molecule has 0 aromatic carbocycles. The van der Waals surface area contributed by atoms with Crippen LogP contribution in [-0.2, 0) is 16.3 Å².